The van der Waals surface area contributed by atoms with E-state index in [0.29, 0.717) is 0 Å². The third kappa shape index (κ3) is 4.27. The van der Waals surface area contributed by atoms with Crippen molar-refractivity contribution in [3.8, 4) is 11.1 Å². The van der Waals surface area contributed by atoms with Crippen LogP contribution in [0.1, 0.15) is 64.2 Å². The summed E-state index contributed by atoms with van der Waals surface area (Å²) in [6, 6.07) is 15.3. The number of carbonyl (C=O) groups is 1. The molecule has 2 aromatic carbocycles. The van der Waals surface area contributed by atoms with Crippen molar-refractivity contribution in [2.75, 3.05) is 0 Å². The van der Waals surface area contributed by atoms with E-state index in [-0.39, 0.29) is 10.8 Å². The Morgan fingerprint density at radius 1 is 0.929 bits per heavy atom. The van der Waals surface area contributed by atoms with Gasteiger partial charge >= 0.3 is 5.97 Å². The zero-order valence-electron chi connectivity index (χ0n) is 17.5. The molecule has 0 atom stereocenters. The van der Waals surface area contributed by atoms with Crippen molar-refractivity contribution in [2.45, 2.75) is 58.3 Å². The molecular weight excluding hydrogens is 344 g/mol. The Morgan fingerprint density at radius 3 is 2.25 bits per heavy atom. The second kappa shape index (κ2) is 7.43. The van der Waals surface area contributed by atoms with Crippen molar-refractivity contribution in [3.63, 3.8) is 0 Å². The minimum Gasteiger partial charge on any atom is -0.478 e. The summed E-state index contributed by atoms with van der Waals surface area (Å²) in [5, 5.41) is 8.84. The van der Waals surface area contributed by atoms with Crippen molar-refractivity contribution < 1.29 is 9.90 Å². The van der Waals surface area contributed by atoms with Crippen molar-refractivity contribution in [2.24, 2.45) is 0 Å². The molecule has 1 aliphatic rings. The molecule has 0 saturated carbocycles. The van der Waals surface area contributed by atoms with Gasteiger partial charge in [0.15, 0.2) is 0 Å². The molecule has 0 amide bonds. The number of carboxylic acids is 1. The predicted molar refractivity (Wildman–Crippen MR) is 118 cm³/mol. The normalized spacial score (nSPS) is 18.1. The second-order valence-corrected chi connectivity index (χ2v) is 9.21. The molecule has 0 bridgehead atoms. The highest BCUT2D eigenvalue weighted by Crippen LogP contribution is 2.46. The van der Waals surface area contributed by atoms with Gasteiger partial charge in [0, 0.05) is 6.08 Å². The molecular formula is C26H30O2. The summed E-state index contributed by atoms with van der Waals surface area (Å²) in [5.41, 5.74) is 7.55. The molecule has 0 spiro atoms. The van der Waals surface area contributed by atoms with Crippen LogP contribution in [0.2, 0.25) is 0 Å². The zero-order valence-corrected chi connectivity index (χ0v) is 17.5. The monoisotopic (exact) mass is 374 g/mol. The number of hydrogen-bond donors (Lipinski definition) is 1. The Balaban J connectivity index is 1.97. The summed E-state index contributed by atoms with van der Waals surface area (Å²) in [6.45, 7) is 11.2. The SMILES string of the molecule is CC(/C=C/c1cccc(-c2ccc3c(c2)C(C)(C)CCC3(C)C)c1)=C\C(=O)O. The molecule has 28 heavy (non-hydrogen) atoms. The Morgan fingerprint density at radius 2 is 1.57 bits per heavy atom. The zero-order chi connectivity index (χ0) is 20.5. The molecule has 146 valence electrons. The van der Waals surface area contributed by atoms with Gasteiger partial charge in [-0.25, -0.2) is 4.79 Å². The fourth-order valence-electron chi connectivity index (χ4n) is 4.06. The van der Waals surface area contributed by atoms with Gasteiger partial charge in [-0.15, -0.1) is 0 Å². The van der Waals surface area contributed by atoms with Gasteiger partial charge in [-0.1, -0.05) is 76.2 Å². The topological polar surface area (TPSA) is 37.3 Å². The van der Waals surface area contributed by atoms with Gasteiger partial charge in [-0.2, -0.15) is 0 Å². The van der Waals surface area contributed by atoms with Gasteiger partial charge in [0.1, 0.15) is 0 Å². The quantitative estimate of drug-likeness (QED) is 0.475. The third-order valence-corrected chi connectivity index (χ3v) is 5.96. The van der Waals surface area contributed by atoms with E-state index >= 15 is 0 Å². The highest BCUT2D eigenvalue weighted by molar-refractivity contribution is 5.81. The maximum atomic E-state index is 10.8. The van der Waals surface area contributed by atoms with Crippen LogP contribution in [0.4, 0.5) is 0 Å². The van der Waals surface area contributed by atoms with Crippen LogP contribution >= 0.6 is 0 Å². The molecule has 2 aromatic rings. The number of allylic oxidation sites excluding steroid dienone is 2. The minimum absolute atomic E-state index is 0.192. The van der Waals surface area contributed by atoms with Crippen LogP contribution in [-0.4, -0.2) is 11.1 Å². The van der Waals surface area contributed by atoms with Crippen molar-refractivity contribution in [1.82, 2.24) is 0 Å². The standard InChI is InChI=1S/C26H30O2/c1-18(15-24(27)28)9-10-19-7-6-8-20(16-19)21-11-12-22-23(17-21)26(4,5)14-13-25(22,2)3/h6-12,15-17H,13-14H2,1-5H3,(H,27,28)/b10-9+,18-15+. The van der Waals surface area contributed by atoms with Crippen LogP contribution in [0.25, 0.3) is 17.2 Å². The van der Waals surface area contributed by atoms with E-state index in [1.807, 2.05) is 18.2 Å². The average molecular weight is 375 g/mol. The molecule has 0 aromatic heterocycles. The van der Waals surface area contributed by atoms with Crippen molar-refractivity contribution in [1.29, 1.82) is 0 Å². The second-order valence-electron chi connectivity index (χ2n) is 9.21. The largest absolute Gasteiger partial charge is 0.478 e. The van der Waals surface area contributed by atoms with Crippen LogP contribution < -0.4 is 0 Å². The van der Waals surface area contributed by atoms with Gasteiger partial charge in [0.05, 0.1) is 0 Å². The molecule has 0 radical (unpaired) electrons. The average Bonchev–Trinajstić information content (AvgIpc) is 2.63. The van der Waals surface area contributed by atoms with E-state index in [2.05, 4.69) is 64.1 Å². The molecule has 3 rings (SSSR count). The number of benzene rings is 2. The number of hydrogen-bond acceptors (Lipinski definition) is 1. The first-order valence-electron chi connectivity index (χ1n) is 9.93. The summed E-state index contributed by atoms with van der Waals surface area (Å²) < 4.78 is 0. The van der Waals surface area contributed by atoms with Gasteiger partial charge in [0.25, 0.3) is 0 Å². The van der Waals surface area contributed by atoms with Crippen LogP contribution in [0.5, 0.6) is 0 Å². The lowest BCUT2D eigenvalue weighted by molar-refractivity contribution is -0.131. The fourth-order valence-corrected chi connectivity index (χ4v) is 4.06. The van der Waals surface area contributed by atoms with Gasteiger partial charge in [-0.3, -0.25) is 0 Å². The summed E-state index contributed by atoms with van der Waals surface area (Å²) in [4.78, 5) is 10.8. The van der Waals surface area contributed by atoms with Gasteiger partial charge in [-0.05, 0) is 70.1 Å². The predicted octanol–water partition coefficient (Wildman–Crippen LogP) is 6.75. The van der Waals surface area contributed by atoms with Gasteiger partial charge < -0.3 is 5.11 Å². The molecule has 0 fully saturated rings. The molecule has 1 aliphatic carbocycles. The van der Waals surface area contributed by atoms with Crippen molar-refractivity contribution in [3.05, 3.63) is 76.9 Å². The third-order valence-electron chi connectivity index (χ3n) is 5.96. The summed E-state index contributed by atoms with van der Waals surface area (Å²) in [7, 11) is 0. The lowest BCUT2D eigenvalue weighted by atomic mass is 9.63. The molecule has 2 nitrogen and oxygen atoms in total. The molecule has 0 unspecified atom stereocenters. The summed E-state index contributed by atoms with van der Waals surface area (Å²) in [5.74, 6) is -0.921. The van der Waals surface area contributed by atoms with E-state index in [0.717, 1.165) is 11.1 Å². The number of carboxylic acid groups (broad SMARTS) is 1. The van der Waals surface area contributed by atoms with Crippen LogP contribution in [0.15, 0.2) is 60.2 Å². The molecule has 1 N–H and O–H groups in total. The van der Waals surface area contributed by atoms with E-state index in [9.17, 15) is 4.79 Å². The van der Waals surface area contributed by atoms with E-state index < -0.39 is 5.97 Å². The first kappa shape index (κ1) is 20.1. The molecule has 0 saturated heterocycles. The lowest BCUT2D eigenvalue weighted by Crippen LogP contribution is -2.33. The Hall–Kier alpha value is -2.61. The Kier molecular flexibility index (Phi) is 5.34. The highest BCUT2D eigenvalue weighted by atomic mass is 16.4. The molecule has 0 aliphatic heterocycles. The van der Waals surface area contributed by atoms with Gasteiger partial charge in [0.2, 0.25) is 0 Å². The first-order chi connectivity index (χ1) is 13.1. The summed E-state index contributed by atoms with van der Waals surface area (Å²) >= 11 is 0. The Labute approximate surface area is 168 Å². The van der Waals surface area contributed by atoms with E-state index in [1.54, 1.807) is 6.92 Å². The highest BCUT2D eigenvalue weighted by Gasteiger charge is 2.36. The minimum atomic E-state index is -0.921. The Bertz CT molecular complexity index is 958. The van der Waals surface area contributed by atoms with Crippen LogP contribution in [0, 0.1) is 0 Å². The van der Waals surface area contributed by atoms with E-state index in [4.69, 9.17) is 5.11 Å². The maximum Gasteiger partial charge on any atom is 0.328 e. The fraction of sp³-hybridized carbons (Fsp3) is 0.346. The van der Waals surface area contributed by atoms with E-state index in [1.165, 1.54) is 41.2 Å². The van der Waals surface area contributed by atoms with Crippen LogP contribution in [0.3, 0.4) is 0 Å². The number of fused-ring (bicyclic) bond motifs is 1. The molecule has 0 heterocycles. The first-order valence-corrected chi connectivity index (χ1v) is 9.93. The summed E-state index contributed by atoms with van der Waals surface area (Å²) in [6.07, 6.45) is 7.44. The smallest absolute Gasteiger partial charge is 0.328 e. The lowest BCUT2D eigenvalue weighted by Gasteiger charge is -2.42. The molecule has 2 heteroatoms. The van der Waals surface area contributed by atoms with Crippen molar-refractivity contribution >= 4 is 12.0 Å². The maximum absolute atomic E-state index is 10.8. The number of rotatable bonds is 4. The van der Waals surface area contributed by atoms with Crippen LogP contribution in [-0.2, 0) is 15.6 Å². The number of aliphatic carboxylic acids is 1.